The van der Waals surface area contributed by atoms with Crippen molar-refractivity contribution < 1.29 is 45.4 Å². The molecule has 1 heterocycles. The maximum Gasteiger partial charge on any atom is 0.573 e. The molecule has 0 amide bonds. The molecule has 0 spiro atoms. The molecule has 0 aliphatic carbocycles. The van der Waals surface area contributed by atoms with E-state index >= 15 is 0 Å². The van der Waals surface area contributed by atoms with Crippen LogP contribution in [-0.2, 0) is 10.0 Å². The lowest BCUT2D eigenvalue weighted by Crippen LogP contribution is -2.18. The van der Waals surface area contributed by atoms with Gasteiger partial charge in [0.05, 0.1) is 18.4 Å². The average molecular weight is 569 g/mol. The van der Waals surface area contributed by atoms with E-state index in [4.69, 9.17) is 9.84 Å². The predicted octanol–water partition coefficient (Wildman–Crippen LogP) is 6.02. The smallest absolute Gasteiger partial charge is 0.495 e. The number of carboxylic acids is 1. The van der Waals surface area contributed by atoms with Crippen LogP contribution in [0.4, 0.5) is 23.2 Å². The lowest BCUT2D eigenvalue weighted by molar-refractivity contribution is -0.275. The van der Waals surface area contributed by atoms with Crippen LogP contribution in [0.2, 0.25) is 0 Å². The Morgan fingerprint density at radius 3 is 2.39 bits per heavy atom. The molecule has 0 aliphatic heterocycles. The van der Waals surface area contributed by atoms with Crippen molar-refractivity contribution in [1.82, 2.24) is 4.98 Å². The molecular formula is C24H16F4N2O6S2. The summed E-state index contributed by atoms with van der Waals surface area (Å²) >= 11 is 0.958. The van der Waals surface area contributed by atoms with Crippen LogP contribution in [0.5, 0.6) is 11.5 Å². The summed E-state index contributed by atoms with van der Waals surface area (Å²) in [5.74, 6) is -3.47. The molecule has 0 fully saturated rings. The van der Waals surface area contributed by atoms with Crippen LogP contribution in [0.25, 0.3) is 21.7 Å². The lowest BCUT2D eigenvalue weighted by Gasteiger charge is -2.13. The molecule has 8 nitrogen and oxygen atoms in total. The highest BCUT2D eigenvalue weighted by molar-refractivity contribution is 7.92. The van der Waals surface area contributed by atoms with E-state index in [2.05, 4.69) is 14.4 Å². The molecule has 0 radical (unpaired) electrons. The third-order valence-corrected chi connectivity index (χ3v) is 7.35. The van der Waals surface area contributed by atoms with E-state index in [-0.39, 0.29) is 32.6 Å². The van der Waals surface area contributed by atoms with Crippen molar-refractivity contribution in [1.29, 1.82) is 0 Å². The monoisotopic (exact) mass is 568 g/mol. The Bertz CT molecular complexity index is 1620. The highest BCUT2D eigenvalue weighted by Gasteiger charge is 2.32. The molecule has 38 heavy (non-hydrogen) atoms. The Balaban J connectivity index is 1.68. The number of carboxylic acid groups (broad SMARTS) is 1. The number of hydrogen-bond acceptors (Lipinski definition) is 7. The van der Waals surface area contributed by atoms with Crippen molar-refractivity contribution in [2.75, 3.05) is 11.8 Å². The Morgan fingerprint density at radius 1 is 1.03 bits per heavy atom. The van der Waals surface area contributed by atoms with E-state index < -0.39 is 33.9 Å². The fraction of sp³-hybridized carbons (Fsp3) is 0.0833. The third-order valence-electron chi connectivity index (χ3n) is 5.08. The molecule has 0 unspecified atom stereocenters. The summed E-state index contributed by atoms with van der Waals surface area (Å²) in [6, 6.07) is 12.9. The first-order chi connectivity index (χ1) is 17.9. The van der Waals surface area contributed by atoms with Gasteiger partial charge >= 0.3 is 12.3 Å². The number of aromatic nitrogens is 1. The SMILES string of the molecule is COc1cc(C(=O)O)ccc1NS(=O)(=O)c1csc(-c2ccccc2-c2ccc(F)c(OC(F)(F)F)c2)n1. The largest absolute Gasteiger partial charge is 0.573 e. The number of benzene rings is 3. The second kappa shape index (κ2) is 10.3. The normalized spacial score (nSPS) is 11.7. The van der Waals surface area contributed by atoms with Crippen molar-refractivity contribution in [3.63, 3.8) is 0 Å². The Hall–Kier alpha value is -4.17. The number of aromatic carboxylic acids is 1. The van der Waals surface area contributed by atoms with Gasteiger partial charge in [0.25, 0.3) is 10.0 Å². The van der Waals surface area contributed by atoms with Crippen molar-refractivity contribution in [3.8, 4) is 33.2 Å². The van der Waals surface area contributed by atoms with Crippen LogP contribution in [0.1, 0.15) is 10.4 Å². The van der Waals surface area contributed by atoms with Gasteiger partial charge in [-0.05, 0) is 41.5 Å². The quantitative estimate of drug-likeness (QED) is 0.250. The summed E-state index contributed by atoms with van der Waals surface area (Å²) in [6.45, 7) is 0. The summed E-state index contributed by atoms with van der Waals surface area (Å²) in [4.78, 5) is 15.4. The number of thiazole rings is 1. The first-order valence-corrected chi connectivity index (χ1v) is 12.8. The first-order valence-electron chi connectivity index (χ1n) is 10.4. The van der Waals surface area contributed by atoms with Crippen LogP contribution in [0, 0.1) is 5.82 Å². The molecule has 14 heteroatoms. The van der Waals surface area contributed by atoms with Gasteiger partial charge in [0.15, 0.2) is 16.6 Å². The maximum atomic E-state index is 13.9. The number of ether oxygens (including phenoxy) is 2. The molecule has 3 aromatic carbocycles. The number of methoxy groups -OCH3 is 1. The van der Waals surface area contributed by atoms with E-state index in [1.165, 1.54) is 30.7 Å². The van der Waals surface area contributed by atoms with Gasteiger partial charge in [-0.25, -0.2) is 14.2 Å². The number of anilines is 1. The maximum absolute atomic E-state index is 13.9. The van der Waals surface area contributed by atoms with Gasteiger partial charge in [0, 0.05) is 10.9 Å². The topological polar surface area (TPSA) is 115 Å². The number of carbonyl (C=O) groups is 1. The fourth-order valence-corrected chi connectivity index (χ4v) is 5.61. The molecule has 0 saturated heterocycles. The molecule has 2 N–H and O–H groups in total. The van der Waals surface area contributed by atoms with Crippen LogP contribution >= 0.6 is 11.3 Å². The zero-order chi connectivity index (χ0) is 27.7. The van der Waals surface area contributed by atoms with E-state index in [0.29, 0.717) is 11.1 Å². The molecule has 198 valence electrons. The second-order valence-electron chi connectivity index (χ2n) is 7.56. The third kappa shape index (κ3) is 5.86. The summed E-state index contributed by atoms with van der Waals surface area (Å²) in [5.41, 5.74) is 0.795. The van der Waals surface area contributed by atoms with Gasteiger partial charge in [-0.15, -0.1) is 24.5 Å². The number of halogens is 4. The van der Waals surface area contributed by atoms with Gasteiger partial charge in [0.2, 0.25) is 0 Å². The minimum Gasteiger partial charge on any atom is -0.495 e. The van der Waals surface area contributed by atoms with Crippen LogP contribution < -0.4 is 14.2 Å². The van der Waals surface area contributed by atoms with Gasteiger partial charge in [-0.1, -0.05) is 30.3 Å². The number of sulfonamides is 1. The molecule has 0 saturated carbocycles. The predicted molar refractivity (Wildman–Crippen MR) is 130 cm³/mol. The Morgan fingerprint density at radius 2 is 1.74 bits per heavy atom. The van der Waals surface area contributed by atoms with E-state index in [0.717, 1.165) is 29.5 Å². The second-order valence-corrected chi connectivity index (χ2v) is 10.0. The van der Waals surface area contributed by atoms with E-state index in [1.807, 2.05) is 0 Å². The summed E-state index contributed by atoms with van der Waals surface area (Å²) in [7, 11) is -3.00. The van der Waals surface area contributed by atoms with Gasteiger partial charge in [0.1, 0.15) is 10.8 Å². The molecule has 4 aromatic rings. The highest BCUT2D eigenvalue weighted by atomic mass is 32.2. The molecule has 0 bridgehead atoms. The van der Waals surface area contributed by atoms with Crippen LogP contribution in [0.15, 0.2) is 71.1 Å². The van der Waals surface area contributed by atoms with Crippen molar-refractivity contribution in [2.24, 2.45) is 0 Å². The first kappa shape index (κ1) is 26.9. The number of alkyl halides is 3. The van der Waals surface area contributed by atoms with Crippen LogP contribution in [-0.4, -0.2) is 37.9 Å². The number of hydrogen-bond donors (Lipinski definition) is 2. The molecule has 1 aromatic heterocycles. The molecule has 4 rings (SSSR count). The lowest BCUT2D eigenvalue weighted by atomic mass is 10.00. The number of rotatable bonds is 8. The molecular weight excluding hydrogens is 552 g/mol. The highest BCUT2D eigenvalue weighted by Crippen LogP contribution is 2.38. The minimum atomic E-state index is -5.10. The van der Waals surface area contributed by atoms with E-state index in [9.17, 15) is 30.8 Å². The Labute approximate surface area is 217 Å². The summed E-state index contributed by atoms with van der Waals surface area (Å²) in [6.07, 6.45) is -5.10. The standard InChI is InChI=1S/C24H16F4N2O6S2/c1-35-20-11-14(23(31)32)7-9-18(20)30-38(33,34)21-12-37-22(29-21)16-5-3-2-4-15(16)13-6-8-17(25)19(10-13)36-24(26,27)28/h2-12,30H,1H3,(H,31,32). The summed E-state index contributed by atoms with van der Waals surface area (Å²) < 4.78 is 89.1. The van der Waals surface area contributed by atoms with E-state index in [1.54, 1.807) is 24.3 Å². The minimum absolute atomic E-state index is 0.0176. The fourth-order valence-electron chi connectivity index (χ4n) is 3.41. The van der Waals surface area contributed by atoms with Crippen LogP contribution in [0.3, 0.4) is 0 Å². The number of nitrogens with one attached hydrogen (secondary N) is 1. The van der Waals surface area contributed by atoms with Gasteiger partial charge in [-0.3, -0.25) is 4.72 Å². The average Bonchev–Trinajstić information content (AvgIpc) is 3.36. The zero-order valence-electron chi connectivity index (χ0n) is 19.1. The van der Waals surface area contributed by atoms with Gasteiger partial charge in [-0.2, -0.15) is 8.42 Å². The molecule has 0 atom stereocenters. The summed E-state index contributed by atoms with van der Waals surface area (Å²) in [5, 5.41) is 10.2. The van der Waals surface area contributed by atoms with Crippen molar-refractivity contribution in [3.05, 3.63) is 77.4 Å². The van der Waals surface area contributed by atoms with Crippen molar-refractivity contribution in [2.45, 2.75) is 11.4 Å². The zero-order valence-corrected chi connectivity index (χ0v) is 20.7. The van der Waals surface area contributed by atoms with Gasteiger partial charge < -0.3 is 14.6 Å². The molecule has 0 aliphatic rings. The Kier molecular flexibility index (Phi) is 7.29. The van der Waals surface area contributed by atoms with Crippen molar-refractivity contribution >= 4 is 33.0 Å². The number of nitrogens with zero attached hydrogens (tertiary/aromatic N) is 1.